The number of fused-ring (bicyclic) bond motifs is 15. The normalized spacial score (nSPS) is 12.2. The molecule has 0 N–H and O–H groups in total. The molecular formula is C56H30N6. The van der Waals surface area contributed by atoms with Crippen LogP contribution in [0.5, 0.6) is 0 Å². The van der Waals surface area contributed by atoms with Crippen molar-refractivity contribution in [2.75, 3.05) is 0 Å². The maximum Gasteiger partial charge on any atom is 0.189 e. The van der Waals surface area contributed by atoms with Gasteiger partial charge in [0.05, 0.1) is 79.4 Å². The molecule has 0 aliphatic heterocycles. The number of para-hydroxylation sites is 6. The van der Waals surface area contributed by atoms with Crippen LogP contribution in [0.15, 0.2) is 182 Å². The average Bonchev–Trinajstić information content (AvgIpc) is 4.12. The average molecular weight is 787 g/mol. The Hall–Kier alpha value is -8.84. The molecule has 0 fully saturated rings. The number of hydrogen-bond acceptors (Lipinski definition) is 1. The third kappa shape index (κ3) is 4.01. The maximum absolute atomic E-state index is 10.4. The molecule has 0 atom stereocenters. The van der Waals surface area contributed by atoms with Gasteiger partial charge in [0.25, 0.3) is 0 Å². The molecule has 6 nitrogen and oxygen atoms in total. The molecule has 0 unspecified atom stereocenters. The zero-order valence-electron chi connectivity index (χ0n) is 33.0. The predicted octanol–water partition coefficient (Wildman–Crippen LogP) is 14.6. The molecule has 5 aromatic heterocycles. The minimum Gasteiger partial charge on any atom is -0.309 e. The second-order valence-corrected chi connectivity index (χ2v) is 16.2. The fraction of sp³-hybridized carbons (Fsp3) is 0. The zero-order chi connectivity index (χ0) is 40.8. The number of aromatic nitrogens is 4. The van der Waals surface area contributed by atoms with Gasteiger partial charge in [0.2, 0.25) is 0 Å². The van der Waals surface area contributed by atoms with Crippen LogP contribution in [-0.2, 0) is 0 Å². The predicted molar refractivity (Wildman–Crippen MR) is 255 cm³/mol. The molecule has 5 heterocycles. The molecule has 14 aromatic rings. The molecule has 6 heteroatoms. The summed E-state index contributed by atoms with van der Waals surface area (Å²) in [6.07, 6.45) is 0. The molecule has 9 aromatic carbocycles. The third-order valence-corrected chi connectivity index (χ3v) is 13.3. The lowest BCUT2D eigenvalue weighted by molar-refractivity contribution is 1.07. The van der Waals surface area contributed by atoms with Gasteiger partial charge in [-0.2, -0.15) is 5.26 Å². The molecule has 0 aliphatic carbocycles. The van der Waals surface area contributed by atoms with Crippen molar-refractivity contribution in [3.05, 3.63) is 199 Å². The highest BCUT2D eigenvalue weighted by atomic mass is 15.1. The molecule has 284 valence electrons. The molecule has 62 heavy (non-hydrogen) atoms. The van der Waals surface area contributed by atoms with E-state index in [1.165, 1.54) is 32.3 Å². The lowest BCUT2D eigenvalue weighted by Gasteiger charge is -2.24. The summed E-state index contributed by atoms with van der Waals surface area (Å²) in [5, 5.41) is 21.6. The molecule has 0 saturated carbocycles. The quantitative estimate of drug-likeness (QED) is 0.165. The topological polar surface area (TPSA) is 47.3 Å². The summed E-state index contributed by atoms with van der Waals surface area (Å²) in [5.41, 5.74) is 13.7. The standard InChI is InChI=1S/C56H30N6/c1-58-34-27-29-42-50(31-34)62-49-30-33(32-57)26-28-41(49)51-53(62)52(42)55(60-45-22-10-4-16-37(45)38-17-5-11-23-46(38)60)56(61-47-24-12-6-18-39(47)40-19-7-13-25-48(40)61)54(51)59-43-20-8-2-14-35(43)36-15-3-9-21-44(36)59/h2-31H. The molecule has 0 radical (unpaired) electrons. The summed E-state index contributed by atoms with van der Waals surface area (Å²) < 4.78 is 9.83. The van der Waals surface area contributed by atoms with Gasteiger partial charge in [0, 0.05) is 59.4 Å². The third-order valence-electron chi connectivity index (χ3n) is 13.3. The summed E-state index contributed by atoms with van der Waals surface area (Å²) in [6, 6.07) is 67.2. The van der Waals surface area contributed by atoms with Crippen LogP contribution in [0.25, 0.3) is 125 Å². The summed E-state index contributed by atoms with van der Waals surface area (Å²) in [4.78, 5) is 3.95. The first-order valence-electron chi connectivity index (χ1n) is 20.8. The van der Waals surface area contributed by atoms with Crippen LogP contribution in [0.1, 0.15) is 5.56 Å². The number of nitriles is 1. The number of hydrogen-bond donors (Lipinski definition) is 0. The zero-order valence-corrected chi connectivity index (χ0v) is 33.0. The van der Waals surface area contributed by atoms with Gasteiger partial charge in [-0.1, -0.05) is 127 Å². The van der Waals surface area contributed by atoms with Crippen molar-refractivity contribution < 1.29 is 0 Å². The van der Waals surface area contributed by atoms with E-state index in [2.05, 4.69) is 187 Å². The maximum atomic E-state index is 10.4. The Bertz CT molecular complexity index is 3990. The second kappa shape index (κ2) is 11.9. The fourth-order valence-electron chi connectivity index (χ4n) is 10.9. The van der Waals surface area contributed by atoms with Gasteiger partial charge in [-0.15, -0.1) is 0 Å². The number of benzene rings is 9. The van der Waals surface area contributed by atoms with E-state index in [0.29, 0.717) is 11.3 Å². The minimum absolute atomic E-state index is 0.562. The van der Waals surface area contributed by atoms with Crippen LogP contribution < -0.4 is 0 Å². The van der Waals surface area contributed by atoms with Crippen molar-refractivity contribution in [3.8, 4) is 23.1 Å². The Balaban J connectivity index is 1.40. The van der Waals surface area contributed by atoms with Crippen molar-refractivity contribution in [2.24, 2.45) is 0 Å². The van der Waals surface area contributed by atoms with E-state index in [4.69, 9.17) is 6.57 Å². The molecule has 0 saturated heterocycles. The van der Waals surface area contributed by atoms with Crippen molar-refractivity contribution in [1.29, 1.82) is 5.26 Å². The van der Waals surface area contributed by atoms with Gasteiger partial charge in [0.1, 0.15) is 0 Å². The largest absolute Gasteiger partial charge is 0.309 e. The van der Waals surface area contributed by atoms with Crippen LogP contribution in [0, 0.1) is 17.9 Å². The van der Waals surface area contributed by atoms with Crippen molar-refractivity contribution in [1.82, 2.24) is 18.1 Å². The van der Waals surface area contributed by atoms with E-state index >= 15 is 0 Å². The fourth-order valence-corrected chi connectivity index (χ4v) is 10.9. The second-order valence-electron chi connectivity index (χ2n) is 16.2. The van der Waals surface area contributed by atoms with E-state index in [9.17, 15) is 5.26 Å². The lowest BCUT2D eigenvalue weighted by Crippen LogP contribution is -2.10. The summed E-state index contributed by atoms with van der Waals surface area (Å²) in [5.74, 6) is 0. The van der Waals surface area contributed by atoms with Crippen molar-refractivity contribution >= 4 is 109 Å². The summed E-state index contributed by atoms with van der Waals surface area (Å²) >= 11 is 0. The van der Waals surface area contributed by atoms with Gasteiger partial charge < -0.3 is 18.1 Å². The Morgan fingerprint density at radius 2 is 0.726 bits per heavy atom. The van der Waals surface area contributed by atoms with Gasteiger partial charge >= 0.3 is 0 Å². The molecule has 0 aliphatic rings. The molecular weight excluding hydrogens is 757 g/mol. The van der Waals surface area contributed by atoms with E-state index in [1.807, 2.05) is 24.3 Å². The van der Waals surface area contributed by atoms with Crippen LogP contribution in [0.2, 0.25) is 0 Å². The Morgan fingerprint density at radius 3 is 1.11 bits per heavy atom. The highest BCUT2D eigenvalue weighted by Gasteiger charge is 2.33. The number of nitrogens with zero attached hydrogens (tertiary/aromatic N) is 6. The monoisotopic (exact) mass is 786 g/mol. The molecule has 0 bridgehead atoms. The highest BCUT2D eigenvalue weighted by Crippen LogP contribution is 2.53. The van der Waals surface area contributed by atoms with Crippen LogP contribution in [0.3, 0.4) is 0 Å². The van der Waals surface area contributed by atoms with Gasteiger partial charge in [0.15, 0.2) is 5.69 Å². The summed E-state index contributed by atoms with van der Waals surface area (Å²) in [7, 11) is 0. The van der Waals surface area contributed by atoms with Crippen LogP contribution in [-0.4, -0.2) is 18.1 Å². The van der Waals surface area contributed by atoms with Gasteiger partial charge in [-0.3, -0.25) is 0 Å². The minimum atomic E-state index is 0.562. The first kappa shape index (κ1) is 33.0. The first-order chi connectivity index (χ1) is 30.7. The molecule has 14 rings (SSSR count). The Labute approximate surface area is 353 Å². The van der Waals surface area contributed by atoms with E-state index in [0.717, 1.165) is 88.3 Å². The van der Waals surface area contributed by atoms with Crippen LogP contribution >= 0.6 is 0 Å². The van der Waals surface area contributed by atoms with Gasteiger partial charge in [-0.05, 0) is 54.6 Å². The number of rotatable bonds is 3. The van der Waals surface area contributed by atoms with Crippen molar-refractivity contribution in [2.45, 2.75) is 0 Å². The molecule has 0 amide bonds. The van der Waals surface area contributed by atoms with E-state index in [-0.39, 0.29) is 0 Å². The van der Waals surface area contributed by atoms with E-state index < -0.39 is 0 Å². The summed E-state index contributed by atoms with van der Waals surface area (Å²) in [6.45, 7) is 8.17. The van der Waals surface area contributed by atoms with E-state index in [1.54, 1.807) is 0 Å². The van der Waals surface area contributed by atoms with Crippen LogP contribution in [0.4, 0.5) is 5.69 Å². The highest BCUT2D eigenvalue weighted by molar-refractivity contribution is 6.32. The lowest BCUT2D eigenvalue weighted by atomic mass is 10.00. The Kier molecular flexibility index (Phi) is 6.34. The Morgan fingerprint density at radius 1 is 0.371 bits per heavy atom. The SMILES string of the molecule is [C-]#[N+]c1ccc2c3c(-n4c5ccccc5c5ccccc54)c(-n4c5ccccc5c5ccccc54)c(-n4c5ccccc5c5ccccc54)c4c5ccc(C#N)cc5n(c2c1)c43. The van der Waals surface area contributed by atoms with Gasteiger partial charge in [-0.25, -0.2) is 4.85 Å². The first-order valence-corrected chi connectivity index (χ1v) is 20.8. The van der Waals surface area contributed by atoms with Crippen molar-refractivity contribution in [3.63, 3.8) is 0 Å². The smallest absolute Gasteiger partial charge is 0.189 e. The molecule has 0 spiro atoms.